The van der Waals surface area contributed by atoms with E-state index < -0.39 is 0 Å². The molecule has 0 aromatic heterocycles. The van der Waals surface area contributed by atoms with Crippen LogP contribution in [0.15, 0.2) is 48.5 Å². The Kier molecular flexibility index (Phi) is 7.29. The lowest BCUT2D eigenvalue weighted by molar-refractivity contribution is -0.121. The van der Waals surface area contributed by atoms with E-state index in [0.717, 1.165) is 12.0 Å². The standard InChI is InChI=1S/C22H26N2O3/c1-4-16-5-9-18(10-6-16)20(25)13-14-21(26)23-15-17-7-11-19(12-8-17)22(27)24(2)3/h5-12H,4,13-15H2,1-3H3,(H,23,26). The number of hydrogen-bond donors (Lipinski definition) is 1. The summed E-state index contributed by atoms with van der Waals surface area (Å²) in [5.74, 6) is -0.252. The molecular formula is C22H26N2O3. The fourth-order valence-electron chi connectivity index (χ4n) is 2.61. The molecule has 0 spiro atoms. The Labute approximate surface area is 160 Å². The number of Topliss-reactive ketones (excluding diaryl/α,β-unsaturated/α-hetero) is 1. The Balaban J connectivity index is 1.78. The molecule has 0 bridgehead atoms. The number of benzene rings is 2. The number of amides is 2. The van der Waals surface area contributed by atoms with Crippen LogP contribution in [0.25, 0.3) is 0 Å². The van der Waals surface area contributed by atoms with E-state index in [-0.39, 0.29) is 30.4 Å². The fourth-order valence-corrected chi connectivity index (χ4v) is 2.61. The van der Waals surface area contributed by atoms with E-state index in [0.29, 0.717) is 17.7 Å². The second kappa shape index (κ2) is 9.67. The first-order chi connectivity index (χ1) is 12.9. The van der Waals surface area contributed by atoms with Crippen molar-refractivity contribution in [1.82, 2.24) is 10.2 Å². The molecule has 0 aliphatic heterocycles. The van der Waals surface area contributed by atoms with E-state index in [2.05, 4.69) is 12.2 Å². The molecule has 0 saturated carbocycles. The zero-order valence-electron chi connectivity index (χ0n) is 16.1. The highest BCUT2D eigenvalue weighted by Crippen LogP contribution is 2.09. The summed E-state index contributed by atoms with van der Waals surface area (Å²) in [5, 5.41) is 2.81. The lowest BCUT2D eigenvalue weighted by Crippen LogP contribution is -2.24. The van der Waals surface area contributed by atoms with E-state index in [9.17, 15) is 14.4 Å². The number of ketones is 1. The third kappa shape index (κ3) is 6.06. The SMILES string of the molecule is CCc1ccc(C(=O)CCC(=O)NCc2ccc(C(=O)N(C)C)cc2)cc1. The first-order valence-corrected chi connectivity index (χ1v) is 9.10. The van der Waals surface area contributed by atoms with Gasteiger partial charge in [0.15, 0.2) is 5.78 Å². The van der Waals surface area contributed by atoms with Crippen molar-refractivity contribution in [3.63, 3.8) is 0 Å². The Morgan fingerprint density at radius 1 is 0.815 bits per heavy atom. The molecule has 142 valence electrons. The third-order valence-corrected chi connectivity index (χ3v) is 4.36. The van der Waals surface area contributed by atoms with Crippen molar-refractivity contribution in [3.05, 3.63) is 70.8 Å². The summed E-state index contributed by atoms with van der Waals surface area (Å²) >= 11 is 0. The lowest BCUT2D eigenvalue weighted by atomic mass is 10.0. The van der Waals surface area contributed by atoms with Crippen LogP contribution in [0.2, 0.25) is 0 Å². The maximum Gasteiger partial charge on any atom is 0.253 e. The van der Waals surface area contributed by atoms with Gasteiger partial charge in [0.05, 0.1) is 0 Å². The molecule has 5 heteroatoms. The molecule has 0 aliphatic carbocycles. The van der Waals surface area contributed by atoms with Gasteiger partial charge in [-0.25, -0.2) is 0 Å². The molecule has 0 radical (unpaired) electrons. The minimum atomic E-state index is -0.165. The normalized spacial score (nSPS) is 10.3. The smallest absolute Gasteiger partial charge is 0.253 e. The minimum Gasteiger partial charge on any atom is -0.352 e. The van der Waals surface area contributed by atoms with Gasteiger partial charge in [0.25, 0.3) is 5.91 Å². The van der Waals surface area contributed by atoms with Crippen molar-refractivity contribution in [2.24, 2.45) is 0 Å². The van der Waals surface area contributed by atoms with Gasteiger partial charge in [-0.1, -0.05) is 43.3 Å². The minimum absolute atomic E-state index is 0.0284. The number of aryl methyl sites for hydroxylation is 1. The molecule has 0 heterocycles. The van der Waals surface area contributed by atoms with E-state index in [1.807, 2.05) is 36.4 Å². The van der Waals surface area contributed by atoms with Crippen molar-refractivity contribution in [1.29, 1.82) is 0 Å². The number of hydrogen-bond acceptors (Lipinski definition) is 3. The van der Waals surface area contributed by atoms with E-state index in [1.54, 1.807) is 26.2 Å². The molecule has 0 aliphatic rings. The summed E-state index contributed by atoms with van der Waals surface area (Å²) in [4.78, 5) is 37.5. The number of nitrogens with one attached hydrogen (secondary N) is 1. The van der Waals surface area contributed by atoms with Crippen molar-refractivity contribution >= 4 is 17.6 Å². The average molecular weight is 366 g/mol. The quantitative estimate of drug-likeness (QED) is 0.730. The van der Waals surface area contributed by atoms with Gasteiger partial charge in [0.2, 0.25) is 5.91 Å². The van der Waals surface area contributed by atoms with Gasteiger partial charge in [0, 0.05) is 44.6 Å². The maximum absolute atomic E-state index is 12.2. The fraction of sp³-hybridized carbons (Fsp3) is 0.318. The summed E-state index contributed by atoms with van der Waals surface area (Å²) in [5.41, 5.74) is 3.33. The Bertz CT molecular complexity index is 793. The van der Waals surface area contributed by atoms with Crippen molar-refractivity contribution in [3.8, 4) is 0 Å². The predicted octanol–water partition coefficient (Wildman–Crippen LogP) is 3.23. The molecule has 1 N–H and O–H groups in total. The molecule has 2 rings (SSSR count). The van der Waals surface area contributed by atoms with Gasteiger partial charge in [-0.15, -0.1) is 0 Å². The molecule has 2 aromatic rings. The first-order valence-electron chi connectivity index (χ1n) is 9.10. The Morgan fingerprint density at radius 3 is 1.93 bits per heavy atom. The first kappa shape index (κ1) is 20.4. The van der Waals surface area contributed by atoms with E-state index in [4.69, 9.17) is 0 Å². The number of carbonyl (C=O) groups excluding carboxylic acids is 3. The molecular weight excluding hydrogens is 340 g/mol. The second-order valence-electron chi connectivity index (χ2n) is 6.65. The van der Waals surface area contributed by atoms with Crippen LogP contribution in [-0.2, 0) is 17.8 Å². The zero-order chi connectivity index (χ0) is 19.8. The van der Waals surface area contributed by atoms with Gasteiger partial charge in [-0.05, 0) is 29.7 Å². The molecule has 0 unspecified atom stereocenters. The van der Waals surface area contributed by atoms with Crippen LogP contribution in [0, 0.1) is 0 Å². The Morgan fingerprint density at radius 2 is 1.37 bits per heavy atom. The summed E-state index contributed by atoms with van der Waals surface area (Å²) < 4.78 is 0. The van der Waals surface area contributed by atoms with Gasteiger partial charge in [-0.2, -0.15) is 0 Å². The van der Waals surface area contributed by atoms with Crippen LogP contribution in [-0.4, -0.2) is 36.6 Å². The van der Waals surface area contributed by atoms with Gasteiger partial charge >= 0.3 is 0 Å². The highest BCUT2D eigenvalue weighted by molar-refractivity contribution is 5.98. The van der Waals surface area contributed by atoms with Crippen LogP contribution in [0.1, 0.15) is 51.6 Å². The largest absolute Gasteiger partial charge is 0.352 e. The lowest BCUT2D eigenvalue weighted by Gasteiger charge is -2.11. The summed E-state index contributed by atoms with van der Waals surface area (Å²) in [7, 11) is 3.41. The van der Waals surface area contributed by atoms with Crippen LogP contribution in [0.4, 0.5) is 0 Å². The Hall–Kier alpha value is -2.95. The maximum atomic E-state index is 12.2. The molecule has 27 heavy (non-hydrogen) atoms. The summed E-state index contributed by atoms with van der Waals surface area (Å²) in [6, 6.07) is 14.6. The molecule has 5 nitrogen and oxygen atoms in total. The van der Waals surface area contributed by atoms with Gasteiger partial charge < -0.3 is 10.2 Å². The number of rotatable bonds is 8. The molecule has 0 saturated heterocycles. The summed E-state index contributed by atoms with van der Waals surface area (Å²) in [6.07, 6.45) is 1.28. The van der Waals surface area contributed by atoms with Crippen LogP contribution >= 0.6 is 0 Å². The molecule has 0 fully saturated rings. The predicted molar refractivity (Wildman–Crippen MR) is 106 cm³/mol. The van der Waals surface area contributed by atoms with Crippen molar-refractivity contribution in [2.75, 3.05) is 14.1 Å². The highest BCUT2D eigenvalue weighted by Gasteiger charge is 2.10. The highest BCUT2D eigenvalue weighted by atomic mass is 16.2. The van der Waals surface area contributed by atoms with Crippen molar-refractivity contribution in [2.45, 2.75) is 32.7 Å². The van der Waals surface area contributed by atoms with Crippen LogP contribution < -0.4 is 5.32 Å². The average Bonchev–Trinajstić information content (AvgIpc) is 2.70. The zero-order valence-corrected chi connectivity index (χ0v) is 16.1. The molecule has 2 amide bonds. The summed E-state index contributed by atoms with van der Waals surface area (Å²) in [6.45, 7) is 2.43. The molecule has 2 aromatic carbocycles. The van der Waals surface area contributed by atoms with Crippen molar-refractivity contribution < 1.29 is 14.4 Å². The van der Waals surface area contributed by atoms with Gasteiger partial charge in [0.1, 0.15) is 0 Å². The number of carbonyl (C=O) groups is 3. The van der Waals surface area contributed by atoms with E-state index >= 15 is 0 Å². The number of nitrogens with zero attached hydrogens (tertiary/aromatic N) is 1. The molecule has 0 atom stereocenters. The monoisotopic (exact) mass is 366 g/mol. The van der Waals surface area contributed by atoms with Crippen LogP contribution in [0.3, 0.4) is 0 Å². The van der Waals surface area contributed by atoms with Gasteiger partial charge in [-0.3, -0.25) is 14.4 Å². The van der Waals surface area contributed by atoms with E-state index in [1.165, 1.54) is 10.5 Å². The van der Waals surface area contributed by atoms with Crippen LogP contribution in [0.5, 0.6) is 0 Å². The third-order valence-electron chi connectivity index (χ3n) is 4.36. The topological polar surface area (TPSA) is 66.5 Å². The second-order valence-corrected chi connectivity index (χ2v) is 6.65.